The number of carbonyl (C=O) groups is 1. The predicted octanol–water partition coefficient (Wildman–Crippen LogP) is 2.03. The SMILES string of the molecule is CN(C)C(=O)c1cc(C[C@@H]2CCCN(Cc3ccccn3)C2)ncn1. The molecule has 2 aromatic rings. The summed E-state index contributed by atoms with van der Waals surface area (Å²) in [7, 11) is 3.47. The zero-order chi connectivity index (χ0) is 17.6. The number of aromatic nitrogens is 3. The molecule has 6 nitrogen and oxygen atoms in total. The highest BCUT2D eigenvalue weighted by Gasteiger charge is 2.21. The molecular weight excluding hydrogens is 314 g/mol. The zero-order valence-corrected chi connectivity index (χ0v) is 14.9. The predicted molar refractivity (Wildman–Crippen MR) is 96.0 cm³/mol. The Morgan fingerprint density at radius 3 is 2.88 bits per heavy atom. The monoisotopic (exact) mass is 339 g/mol. The molecule has 0 aliphatic carbocycles. The number of nitrogens with zero attached hydrogens (tertiary/aromatic N) is 5. The second-order valence-electron chi connectivity index (χ2n) is 6.86. The Morgan fingerprint density at radius 2 is 2.12 bits per heavy atom. The topological polar surface area (TPSA) is 62.2 Å². The van der Waals surface area contributed by atoms with E-state index in [9.17, 15) is 4.79 Å². The van der Waals surface area contributed by atoms with Gasteiger partial charge < -0.3 is 4.90 Å². The minimum absolute atomic E-state index is 0.0796. The van der Waals surface area contributed by atoms with Gasteiger partial charge in [0.2, 0.25) is 0 Å². The van der Waals surface area contributed by atoms with Crippen LogP contribution in [-0.2, 0) is 13.0 Å². The molecule has 1 aliphatic heterocycles. The van der Waals surface area contributed by atoms with Crippen molar-refractivity contribution in [1.29, 1.82) is 0 Å². The maximum Gasteiger partial charge on any atom is 0.272 e. The Morgan fingerprint density at radius 1 is 1.24 bits per heavy atom. The molecule has 3 rings (SSSR count). The van der Waals surface area contributed by atoms with Gasteiger partial charge in [0.25, 0.3) is 5.91 Å². The van der Waals surface area contributed by atoms with Gasteiger partial charge in [0, 0.05) is 39.1 Å². The molecule has 0 radical (unpaired) electrons. The average molecular weight is 339 g/mol. The van der Waals surface area contributed by atoms with Crippen molar-refractivity contribution in [2.75, 3.05) is 27.2 Å². The van der Waals surface area contributed by atoms with Crippen molar-refractivity contribution in [2.24, 2.45) is 5.92 Å². The Labute approximate surface area is 148 Å². The molecule has 1 atom stereocenters. The van der Waals surface area contributed by atoms with E-state index in [1.807, 2.05) is 24.4 Å². The number of hydrogen-bond donors (Lipinski definition) is 0. The lowest BCUT2D eigenvalue weighted by molar-refractivity contribution is 0.0821. The van der Waals surface area contributed by atoms with Crippen LogP contribution >= 0.6 is 0 Å². The minimum atomic E-state index is -0.0796. The Balaban J connectivity index is 1.61. The van der Waals surface area contributed by atoms with E-state index in [0.29, 0.717) is 11.6 Å². The van der Waals surface area contributed by atoms with Gasteiger partial charge in [-0.3, -0.25) is 14.7 Å². The van der Waals surface area contributed by atoms with Crippen LogP contribution in [0.2, 0.25) is 0 Å². The van der Waals surface area contributed by atoms with Gasteiger partial charge in [0.1, 0.15) is 12.0 Å². The molecule has 0 saturated carbocycles. The number of likely N-dealkylation sites (tertiary alicyclic amines) is 1. The second-order valence-corrected chi connectivity index (χ2v) is 6.86. The second kappa shape index (κ2) is 8.16. The molecule has 25 heavy (non-hydrogen) atoms. The maximum absolute atomic E-state index is 12.1. The highest BCUT2D eigenvalue weighted by Crippen LogP contribution is 2.21. The van der Waals surface area contributed by atoms with Crippen LogP contribution in [0, 0.1) is 5.92 Å². The molecule has 6 heteroatoms. The van der Waals surface area contributed by atoms with Crippen LogP contribution in [0.5, 0.6) is 0 Å². The number of pyridine rings is 1. The van der Waals surface area contributed by atoms with Crippen LogP contribution in [0.4, 0.5) is 0 Å². The van der Waals surface area contributed by atoms with Gasteiger partial charge in [0.15, 0.2) is 0 Å². The molecule has 1 amide bonds. The van der Waals surface area contributed by atoms with Crippen molar-refractivity contribution >= 4 is 5.91 Å². The lowest BCUT2D eigenvalue weighted by Crippen LogP contribution is -2.36. The smallest absolute Gasteiger partial charge is 0.272 e. The van der Waals surface area contributed by atoms with Gasteiger partial charge in [-0.25, -0.2) is 9.97 Å². The molecule has 132 valence electrons. The fraction of sp³-hybridized carbons (Fsp3) is 0.474. The molecule has 0 aromatic carbocycles. The molecule has 0 unspecified atom stereocenters. The summed E-state index contributed by atoms with van der Waals surface area (Å²) in [4.78, 5) is 29.0. The van der Waals surface area contributed by atoms with Crippen LogP contribution < -0.4 is 0 Å². The first-order valence-corrected chi connectivity index (χ1v) is 8.76. The highest BCUT2D eigenvalue weighted by atomic mass is 16.2. The minimum Gasteiger partial charge on any atom is -0.343 e. The molecule has 1 aliphatic rings. The summed E-state index contributed by atoms with van der Waals surface area (Å²) in [6.45, 7) is 3.05. The Bertz CT molecular complexity index is 704. The number of piperidine rings is 1. The maximum atomic E-state index is 12.1. The zero-order valence-electron chi connectivity index (χ0n) is 14.9. The van der Waals surface area contributed by atoms with Crippen molar-refractivity contribution in [1.82, 2.24) is 24.8 Å². The summed E-state index contributed by atoms with van der Waals surface area (Å²) >= 11 is 0. The van der Waals surface area contributed by atoms with Gasteiger partial charge >= 0.3 is 0 Å². The third-order valence-corrected chi connectivity index (χ3v) is 4.56. The Hall–Kier alpha value is -2.34. The Kier molecular flexibility index (Phi) is 5.71. The molecule has 2 aromatic heterocycles. The molecule has 1 fully saturated rings. The molecule has 0 N–H and O–H groups in total. The molecule has 1 saturated heterocycles. The summed E-state index contributed by atoms with van der Waals surface area (Å²) < 4.78 is 0. The van der Waals surface area contributed by atoms with Crippen LogP contribution in [0.1, 0.15) is 34.7 Å². The van der Waals surface area contributed by atoms with E-state index in [1.165, 1.54) is 19.2 Å². The summed E-state index contributed by atoms with van der Waals surface area (Å²) in [5, 5.41) is 0. The normalized spacial score (nSPS) is 18.1. The first-order valence-electron chi connectivity index (χ1n) is 8.76. The van der Waals surface area contributed by atoms with E-state index < -0.39 is 0 Å². The van der Waals surface area contributed by atoms with E-state index in [1.54, 1.807) is 19.0 Å². The first-order chi connectivity index (χ1) is 12.1. The van der Waals surface area contributed by atoms with Gasteiger partial charge in [0.05, 0.1) is 5.69 Å². The van der Waals surface area contributed by atoms with Crippen molar-refractivity contribution in [3.05, 3.63) is 53.9 Å². The third kappa shape index (κ3) is 4.82. The lowest BCUT2D eigenvalue weighted by atomic mass is 9.93. The fourth-order valence-corrected chi connectivity index (χ4v) is 3.33. The number of carbonyl (C=O) groups excluding carboxylic acids is 1. The van der Waals surface area contributed by atoms with E-state index in [-0.39, 0.29) is 5.91 Å². The number of hydrogen-bond acceptors (Lipinski definition) is 5. The van der Waals surface area contributed by atoms with Crippen LogP contribution in [0.15, 0.2) is 36.8 Å². The third-order valence-electron chi connectivity index (χ3n) is 4.56. The molecule has 3 heterocycles. The van der Waals surface area contributed by atoms with E-state index in [2.05, 4.69) is 25.9 Å². The van der Waals surface area contributed by atoms with Crippen molar-refractivity contribution < 1.29 is 4.79 Å². The molecule has 0 spiro atoms. The molecular formula is C19H25N5O. The van der Waals surface area contributed by atoms with Gasteiger partial charge in [-0.2, -0.15) is 0 Å². The van der Waals surface area contributed by atoms with Crippen LogP contribution in [0.25, 0.3) is 0 Å². The summed E-state index contributed by atoms with van der Waals surface area (Å²) in [6, 6.07) is 7.89. The van der Waals surface area contributed by atoms with Crippen LogP contribution in [0.3, 0.4) is 0 Å². The van der Waals surface area contributed by atoms with Gasteiger partial charge in [-0.05, 0) is 49.9 Å². The summed E-state index contributed by atoms with van der Waals surface area (Å²) in [5.41, 5.74) is 2.53. The number of rotatable bonds is 5. The van der Waals surface area contributed by atoms with Crippen molar-refractivity contribution in [3.63, 3.8) is 0 Å². The molecule has 0 bridgehead atoms. The van der Waals surface area contributed by atoms with E-state index in [0.717, 1.165) is 37.4 Å². The number of amides is 1. The van der Waals surface area contributed by atoms with E-state index >= 15 is 0 Å². The average Bonchev–Trinajstić information content (AvgIpc) is 2.62. The summed E-state index contributed by atoms with van der Waals surface area (Å²) in [6.07, 6.45) is 6.61. The fourth-order valence-electron chi connectivity index (χ4n) is 3.33. The van der Waals surface area contributed by atoms with Crippen molar-refractivity contribution in [2.45, 2.75) is 25.8 Å². The highest BCUT2D eigenvalue weighted by molar-refractivity contribution is 5.91. The van der Waals surface area contributed by atoms with Crippen molar-refractivity contribution in [3.8, 4) is 0 Å². The quantitative estimate of drug-likeness (QED) is 0.834. The van der Waals surface area contributed by atoms with E-state index in [4.69, 9.17) is 0 Å². The lowest BCUT2D eigenvalue weighted by Gasteiger charge is -2.32. The van der Waals surface area contributed by atoms with Gasteiger partial charge in [-0.1, -0.05) is 6.07 Å². The largest absolute Gasteiger partial charge is 0.343 e. The van der Waals surface area contributed by atoms with Crippen LogP contribution in [-0.4, -0.2) is 57.8 Å². The van der Waals surface area contributed by atoms with Gasteiger partial charge in [-0.15, -0.1) is 0 Å². The first kappa shape index (κ1) is 17.5. The summed E-state index contributed by atoms with van der Waals surface area (Å²) in [5.74, 6) is 0.471. The standard InChI is InChI=1S/C19H25N5O/c1-23(2)19(25)18-11-17(21-14-22-18)10-15-6-5-9-24(12-15)13-16-7-3-4-8-20-16/h3-4,7-8,11,14-15H,5-6,9-10,12-13H2,1-2H3/t15-/m0/s1.